The number of aromatic nitrogens is 3. The van der Waals surface area contributed by atoms with Crippen molar-refractivity contribution in [1.82, 2.24) is 35.8 Å². The lowest BCUT2D eigenvalue weighted by molar-refractivity contribution is -0.142. The summed E-state index contributed by atoms with van der Waals surface area (Å²) in [5, 5.41) is 17.2. The van der Waals surface area contributed by atoms with Crippen molar-refractivity contribution in [3.05, 3.63) is 83.2 Å². The van der Waals surface area contributed by atoms with Crippen LogP contribution in [-0.4, -0.2) is 68.2 Å². The van der Waals surface area contributed by atoms with Gasteiger partial charge in [0.05, 0.1) is 18.8 Å². The van der Waals surface area contributed by atoms with Crippen LogP contribution in [0.5, 0.6) is 0 Å². The monoisotopic (exact) mass is 583 g/mol. The van der Waals surface area contributed by atoms with E-state index in [9.17, 15) is 19.2 Å². The zero-order chi connectivity index (χ0) is 30.1. The first-order chi connectivity index (χ1) is 20.8. The Kier molecular flexibility index (Phi) is 7.96. The second-order valence-electron chi connectivity index (χ2n) is 12.2. The Balaban J connectivity index is 1.29. The molecule has 1 saturated heterocycles. The molecule has 11 nitrogen and oxygen atoms in total. The van der Waals surface area contributed by atoms with E-state index >= 15 is 0 Å². The van der Waals surface area contributed by atoms with E-state index < -0.39 is 24.0 Å². The molecule has 1 fully saturated rings. The van der Waals surface area contributed by atoms with Gasteiger partial charge in [-0.25, -0.2) is 4.68 Å². The second kappa shape index (κ2) is 12.0. The first-order valence-corrected chi connectivity index (χ1v) is 15.0. The summed E-state index contributed by atoms with van der Waals surface area (Å²) >= 11 is 0. The molecule has 6 rings (SSSR count). The zero-order valence-electron chi connectivity index (χ0n) is 24.4. The van der Waals surface area contributed by atoms with Crippen molar-refractivity contribution in [2.75, 3.05) is 6.54 Å². The summed E-state index contributed by atoms with van der Waals surface area (Å²) in [4.78, 5) is 56.5. The standard InChI is InChI=1S/C32H37N7O4/c1-19(2)28-31(42)34-26(12-20-8-4-3-5-9-20)29(40)33-16-24-17-39(37-36-24)25-15-27(30(41)35-28)38(18-25)32(43)23-13-21-10-6-7-11-22(21)14-23/h3-11,17,19,23,25-28H,12-16,18H2,1-2H3,(H,33,40)(H,34,42)(H,35,41)/t25-,26+,27-,28-/m0/s1. The predicted octanol–water partition coefficient (Wildman–Crippen LogP) is 1.33. The van der Waals surface area contributed by atoms with Gasteiger partial charge in [0.15, 0.2) is 0 Å². The third kappa shape index (κ3) is 6.02. The van der Waals surface area contributed by atoms with E-state index in [2.05, 4.69) is 38.4 Å². The molecule has 1 aliphatic carbocycles. The van der Waals surface area contributed by atoms with Gasteiger partial charge in [0.25, 0.3) is 0 Å². The molecule has 3 heterocycles. The molecular formula is C32H37N7O4. The largest absolute Gasteiger partial charge is 0.349 e. The number of likely N-dealkylation sites (tertiary alicyclic amines) is 1. The van der Waals surface area contributed by atoms with Gasteiger partial charge in [0.2, 0.25) is 23.6 Å². The number of nitrogens with zero attached hydrogens (tertiary/aromatic N) is 4. The molecule has 1 aromatic heterocycles. The third-order valence-corrected chi connectivity index (χ3v) is 8.80. The number of rotatable bonds is 4. The number of nitrogens with one attached hydrogen (secondary N) is 3. The van der Waals surface area contributed by atoms with Crippen LogP contribution in [0.15, 0.2) is 60.8 Å². The number of benzene rings is 2. The molecular weight excluding hydrogens is 546 g/mol. The van der Waals surface area contributed by atoms with Crippen LogP contribution in [0.1, 0.15) is 48.7 Å². The van der Waals surface area contributed by atoms with Crippen molar-refractivity contribution in [1.29, 1.82) is 0 Å². The van der Waals surface area contributed by atoms with Gasteiger partial charge in [0, 0.05) is 25.3 Å². The van der Waals surface area contributed by atoms with E-state index in [1.165, 1.54) is 0 Å². The number of carbonyl (C=O) groups is 4. The molecule has 3 N–H and O–H groups in total. The van der Waals surface area contributed by atoms with E-state index in [1.807, 2.05) is 56.3 Å². The Labute approximate surface area is 250 Å². The van der Waals surface area contributed by atoms with Crippen molar-refractivity contribution in [3.8, 4) is 0 Å². The van der Waals surface area contributed by atoms with E-state index in [0.717, 1.165) is 16.7 Å². The molecule has 11 heteroatoms. The van der Waals surface area contributed by atoms with Gasteiger partial charge in [-0.05, 0) is 35.4 Å². The van der Waals surface area contributed by atoms with Crippen molar-refractivity contribution >= 4 is 23.6 Å². The number of fused-ring (bicyclic) bond motifs is 6. The van der Waals surface area contributed by atoms with Gasteiger partial charge < -0.3 is 20.9 Å². The molecule has 3 aromatic rings. The van der Waals surface area contributed by atoms with E-state index in [0.29, 0.717) is 31.5 Å². The van der Waals surface area contributed by atoms with Crippen molar-refractivity contribution in [3.63, 3.8) is 0 Å². The quantitative estimate of drug-likeness (QED) is 0.424. The highest BCUT2D eigenvalue weighted by atomic mass is 16.2. The smallest absolute Gasteiger partial charge is 0.243 e. The average molecular weight is 584 g/mol. The fraction of sp³-hybridized carbons (Fsp3) is 0.438. The summed E-state index contributed by atoms with van der Waals surface area (Å²) in [7, 11) is 0. The first kappa shape index (κ1) is 28.6. The predicted molar refractivity (Wildman–Crippen MR) is 157 cm³/mol. The maximum Gasteiger partial charge on any atom is 0.243 e. The average Bonchev–Trinajstić information content (AvgIpc) is 3.76. The van der Waals surface area contributed by atoms with Gasteiger partial charge in [-0.3, -0.25) is 19.2 Å². The van der Waals surface area contributed by atoms with Crippen LogP contribution in [0.2, 0.25) is 0 Å². The molecule has 4 amide bonds. The Bertz CT molecular complexity index is 1500. The summed E-state index contributed by atoms with van der Waals surface area (Å²) in [6, 6.07) is 14.7. The SMILES string of the molecule is CC(C)[C@@H]1NC(=O)[C@@H]2C[C@@H](CN2C(=O)C2Cc3ccccc3C2)n2cc(nn2)CNC(=O)[C@@H](Cc2ccccc2)NC1=O. The molecule has 2 aromatic carbocycles. The van der Waals surface area contributed by atoms with Crippen molar-refractivity contribution < 1.29 is 19.2 Å². The van der Waals surface area contributed by atoms with Gasteiger partial charge in [0.1, 0.15) is 23.8 Å². The van der Waals surface area contributed by atoms with E-state index in [1.54, 1.807) is 15.8 Å². The molecule has 0 radical (unpaired) electrons. The summed E-state index contributed by atoms with van der Waals surface area (Å²) in [6.45, 7) is 4.12. The van der Waals surface area contributed by atoms with Gasteiger partial charge in [-0.15, -0.1) is 5.10 Å². The number of hydrogen-bond acceptors (Lipinski definition) is 6. The van der Waals surface area contributed by atoms with E-state index in [4.69, 9.17) is 0 Å². The minimum atomic E-state index is -0.896. The highest BCUT2D eigenvalue weighted by Gasteiger charge is 2.45. The molecule has 224 valence electrons. The molecule has 0 spiro atoms. The maximum absolute atomic E-state index is 14.0. The molecule has 2 aliphatic heterocycles. The fourth-order valence-electron chi connectivity index (χ4n) is 6.44. The normalized spacial score (nSPS) is 24.5. The lowest BCUT2D eigenvalue weighted by Crippen LogP contribution is -2.58. The van der Waals surface area contributed by atoms with E-state index in [-0.39, 0.29) is 48.6 Å². The van der Waals surface area contributed by atoms with Crippen molar-refractivity contribution in [2.45, 2.75) is 70.2 Å². The Morgan fingerprint density at radius 1 is 0.930 bits per heavy atom. The number of carbonyl (C=O) groups excluding carboxylic acids is 4. The zero-order valence-corrected chi connectivity index (χ0v) is 24.4. The molecule has 0 saturated carbocycles. The van der Waals surface area contributed by atoms with Crippen LogP contribution in [0, 0.1) is 11.8 Å². The Hall–Kier alpha value is -4.54. The minimum Gasteiger partial charge on any atom is -0.349 e. The first-order valence-electron chi connectivity index (χ1n) is 15.0. The number of amides is 4. The lowest BCUT2D eigenvalue weighted by Gasteiger charge is -2.30. The molecule has 4 atom stereocenters. The highest BCUT2D eigenvalue weighted by molar-refractivity contribution is 5.95. The summed E-state index contributed by atoms with van der Waals surface area (Å²) in [5.41, 5.74) is 3.76. The van der Waals surface area contributed by atoms with Gasteiger partial charge in [-0.1, -0.05) is 73.7 Å². The molecule has 4 bridgehead atoms. The van der Waals surface area contributed by atoms with Crippen LogP contribution in [0.25, 0.3) is 0 Å². The summed E-state index contributed by atoms with van der Waals surface area (Å²) in [6.07, 6.45) is 3.64. The van der Waals surface area contributed by atoms with Crippen LogP contribution in [0.4, 0.5) is 0 Å². The minimum absolute atomic E-state index is 0.0685. The lowest BCUT2D eigenvalue weighted by atomic mass is 10.00. The Morgan fingerprint density at radius 3 is 2.33 bits per heavy atom. The molecule has 0 unspecified atom stereocenters. The molecule has 3 aliphatic rings. The Morgan fingerprint density at radius 2 is 1.63 bits per heavy atom. The van der Waals surface area contributed by atoms with Crippen LogP contribution >= 0.6 is 0 Å². The summed E-state index contributed by atoms with van der Waals surface area (Å²) < 4.78 is 1.68. The van der Waals surface area contributed by atoms with Crippen LogP contribution in [0.3, 0.4) is 0 Å². The van der Waals surface area contributed by atoms with Gasteiger partial charge >= 0.3 is 0 Å². The third-order valence-electron chi connectivity index (χ3n) is 8.80. The highest BCUT2D eigenvalue weighted by Crippen LogP contribution is 2.33. The van der Waals surface area contributed by atoms with Crippen LogP contribution < -0.4 is 16.0 Å². The summed E-state index contributed by atoms with van der Waals surface area (Å²) in [5.74, 6) is -1.77. The topological polar surface area (TPSA) is 138 Å². The van der Waals surface area contributed by atoms with Crippen LogP contribution in [-0.2, 0) is 45.0 Å². The van der Waals surface area contributed by atoms with Crippen molar-refractivity contribution in [2.24, 2.45) is 11.8 Å². The number of hydrogen-bond donors (Lipinski definition) is 3. The molecule has 43 heavy (non-hydrogen) atoms. The van der Waals surface area contributed by atoms with Gasteiger partial charge in [-0.2, -0.15) is 0 Å². The fourth-order valence-corrected chi connectivity index (χ4v) is 6.44. The second-order valence-corrected chi connectivity index (χ2v) is 12.2. The maximum atomic E-state index is 14.0.